The molecule has 0 saturated carbocycles. The van der Waals surface area contributed by atoms with Gasteiger partial charge in [0, 0.05) is 12.7 Å². The third-order valence-electron chi connectivity index (χ3n) is 10.5. The zero-order valence-electron chi connectivity index (χ0n) is 28.3. The first-order chi connectivity index (χ1) is 22.7. The number of hydrogen-bond acceptors (Lipinski definition) is 2. The molecular formula is C38H49N5O2P2. The lowest BCUT2D eigenvalue weighted by atomic mass is 9.93. The molecule has 2 aliphatic heterocycles. The van der Waals surface area contributed by atoms with Crippen LogP contribution in [0.3, 0.4) is 0 Å². The lowest BCUT2D eigenvalue weighted by Gasteiger charge is -2.34. The van der Waals surface area contributed by atoms with Gasteiger partial charge in [-0.15, -0.1) is 0 Å². The van der Waals surface area contributed by atoms with Gasteiger partial charge in [0.1, 0.15) is 0 Å². The van der Waals surface area contributed by atoms with Gasteiger partial charge in [-0.3, -0.25) is 9.13 Å². The van der Waals surface area contributed by atoms with E-state index in [0.717, 1.165) is 19.3 Å². The van der Waals surface area contributed by atoms with E-state index in [9.17, 15) is 4.57 Å². The summed E-state index contributed by atoms with van der Waals surface area (Å²) in [5.74, 6) is 0. The topological polar surface area (TPSA) is 50.3 Å². The summed E-state index contributed by atoms with van der Waals surface area (Å²) in [5.41, 5.74) is 4.71. The monoisotopic (exact) mass is 669 g/mol. The summed E-state index contributed by atoms with van der Waals surface area (Å²) < 4.78 is 40.4. The Hall–Kier alpha value is -2.86. The van der Waals surface area contributed by atoms with Gasteiger partial charge < -0.3 is 0 Å². The fourth-order valence-electron chi connectivity index (χ4n) is 7.93. The van der Waals surface area contributed by atoms with E-state index >= 15 is 4.57 Å². The van der Waals surface area contributed by atoms with E-state index in [4.69, 9.17) is 0 Å². The summed E-state index contributed by atoms with van der Waals surface area (Å²) in [7, 11) is 4.24. The average molecular weight is 670 g/mol. The molecular weight excluding hydrogens is 620 g/mol. The lowest BCUT2D eigenvalue weighted by Crippen LogP contribution is -2.29. The fraction of sp³-hybridized carbons (Fsp3) is 0.368. The maximum Gasteiger partial charge on any atom is 0.287 e. The molecule has 0 aliphatic carbocycles. The van der Waals surface area contributed by atoms with Crippen molar-refractivity contribution < 1.29 is 9.13 Å². The first-order valence-corrected chi connectivity index (χ1v) is 20.1. The van der Waals surface area contributed by atoms with E-state index in [1.807, 2.05) is 59.5 Å². The van der Waals surface area contributed by atoms with Crippen LogP contribution in [0.2, 0.25) is 0 Å². The van der Waals surface area contributed by atoms with Gasteiger partial charge >= 0.3 is 0 Å². The Kier molecular flexibility index (Phi) is 10.4. The highest BCUT2D eigenvalue weighted by atomic mass is 31.2. The van der Waals surface area contributed by atoms with Gasteiger partial charge in [-0.05, 0) is 70.3 Å². The molecule has 7 nitrogen and oxygen atoms in total. The molecule has 4 aromatic carbocycles. The Balaban J connectivity index is 1.14. The second kappa shape index (κ2) is 14.3. The van der Waals surface area contributed by atoms with Gasteiger partial charge in [0.25, 0.3) is 7.59 Å². The zero-order valence-corrected chi connectivity index (χ0v) is 30.1. The normalized spacial score (nSPS) is 25.1. The van der Waals surface area contributed by atoms with E-state index < -0.39 is 15.0 Å². The number of benzene rings is 4. The third-order valence-corrected chi connectivity index (χ3v) is 17.1. The molecule has 0 spiro atoms. The van der Waals surface area contributed by atoms with Crippen LogP contribution in [0.1, 0.15) is 65.7 Å². The summed E-state index contributed by atoms with van der Waals surface area (Å²) in [5, 5.41) is 0. The van der Waals surface area contributed by atoms with Crippen molar-refractivity contribution in [1.29, 1.82) is 0 Å². The van der Waals surface area contributed by atoms with Gasteiger partial charge in [-0.2, -0.15) is 0 Å². The first-order valence-electron chi connectivity index (χ1n) is 16.7. The minimum atomic E-state index is -3.04. The van der Waals surface area contributed by atoms with Crippen LogP contribution in [0.15, 0.2) is 121 Å². The summed E-state index contributed by atoms with van der Waals surface area (Å²) >= 11 is 0. The van der Waals surface area contributed by atoms with E-state index in [-0.39, 0.29) is 24.2 Å². The molecule has 248 valence electrons. The van der Waals surface area contributed by atoms with Crippen molar-refractivity contribution in [1.82, 2.24) is 23.4 Å². The van der Waals surface area contributed by atoms with E-state index in [0.29, 0.717) is 12.7 Å². The Morgan fingerprint density at radius 3 is 1.15 bits per heavy atom. The molecule has 0 radical (unpaired) electrons. The number of nitrogens with zero attached hydrogens (tertiary/aromatic N) is 5. The molecule has 47 heavy (non-hydrogen) atoms. The van der Waals surface area contributed by atoms with E-state index in [2.05, 4.69) is 120 Å². The molecule has 2 aliphatic rings. The summed E-state index contributed by atoms with van der Waals surface area (Å²) in [6.07, 6.45) is 3.27. The van der Waals surface area contributed by atoms with Crippen molar-refractivity contribution in [3.05, 3.63) is 144 Å². The van der Waals surface area contributed by atoms with E-state index in [1.54, 1.807) is 0 Å². The maximum absolute atomic E-state index is 15.0. The minimum Gasteiger partial charge on any atom is -0.289 e. The standard InChI is InChI=1S/C38H49N5O2P2/c1-39(47(45)42(4)37(33-25-15-8-16-26-33)38(43(47)5)34-27-17-9-18-28-34)29-19-10-20-30-46(44)40(2)35(31-21-11-6-12-22-31)36(41(46)3)32-23-13-7-14-24-32/h6-9,11-18,21-28,35-38H,10,19-20,29-30H2,1-5H3/t35-,36-,37-,38-/m1/s1. The van der Waals surface area contributed by atoms with Gasteiger partial charge in [0.05, 0.1) is 24.2 Å². The molecule has 0 unspecified atom stereocenters. The molecule has 2 heterocycles. The highest BCUT2D eigenvalue weighted by Gasteiger charge is 2.55. The predicted molar refractivity (Wildman–Crippen MR) is 194 cm³/mol. The number of rotatable bonds is 11. The Labute approximate surface area is 281 Å². The summed E-state index contributed by atoms with van der Waals surface area (Å²) in [4.78, 5) is 0. The molecule has 2 saturated heterocycles. The fourth-order valence-corrected chi connectivity index (χ4v) is 13.9. The van der Waals surface area contributed by atoms with Crippen LogP contribution in [-0.4, -0.2) is 71.3 Å². The minimum absolute atomic E-state index is 0.00856. The average Bonchev–Trinajstić information content (AvgIpc) is 3.44. The second-order valence-corrected chi connectivity index (χ2v) is 19.1. The molecule has 6 rings (SSSR count). The van der Waals surface area contributed by atoms with Crippen LogP contribution < -0.4 is 0 Å². The van der Waals surface area contributed by atoms with Gasteiger partial charge in [-0.1, -0.05) is 128 Å². The Morgan fingerprint density at radius 2 is 0.809 bits per heavy atom. The predicted octanol–water partition coefficient (Wildman–Crippen LogP) is 9.11. The number of hydrogen-bond donors (Lipinski definition) is 0. The van der Waals surface area contributed by atoms with Gasteiger partial charge in [0.2, 0.25) is 7.44 Å². The van der Waals surface area contributed by atoms with Crippen molar-refractivity contribution in [2.45, 2.75) is 43.4 Å². The molecule has 9 heteroatoms. The molecule has 2 fully saturated rings. The van der Waals surface area contributed by atoms with Crippen molar-refractivity contribution in [2.75, 3.05) is 47.9 Å². The Bertz CT molecular complexity index is 1580. The van der Waals surface area contributed by atoms with Gasteiger partial charge in [-0.25, -0.2) is 23.4 Å². The smallest absolute Gasteiger partial charge is 0.287 e. The number of likely N-dealkylation sites (N-methyl/N-ethyl adjacent to an activating group) is 4. The molecule has 4 aromatic rings. The number of unbranched alkanes of at least 4 members (excludes halogenated alkanes) is 2. The van der Waals surface area contributed by atoms with Crippen LogP contribution in [0, 0.1) is 0 Å². The molecule has 4 atom stereocenters. The highest BCUT2D eigenvalue weighted by molar-refractivity contribution is 7.59. The Morgan fingerprint density at radius 1 is 0.489 bits per heavy atom. The largest absolute Gasteiger partial charge is 0.289 e. The molecule has 0 aromatic heterocycles. The first kappa shape index (κ1) is 34.0. The van der Waals surface area contributed by atoms with Crippen LogP contribution in [0.25, 0.3) is 0 Å². The summed E-state index contributed by atoms with van der Waals surface area (Å²) in [6, 6.07) is 41.8. The van der Waals surface area contributed by atoms with Crippen LogP contribution in [0.5, 0.6) is 0 Å². The lowest BCUT2D eigenvalue weighted by molar-refractivity contribution is 0.316. The molecule has 0 N–H and O–H groups in total. The highest BCUT2D eigenvalue weighted by Crippen LogP contribution is 2.70. The van der Waals surface area contributed by atoms with Crippen molar-refractivity contribution in [3.8, 4) is 0 Å². The van der Waals surface area contributed by atoms with Crippen molar-refractivity contribution in [2.24, 2.45) is 0 Å². The second-order valence-electron chi connectivity index (χ2n) is 13.1. The van der Waals surface area contributed by atoms with Crippen LogP contribution >= 0.6 is 15.0 Å². The van der Waals surface area contributed by atoms with E-state index in [1.165, 1.54) is 22.3 Å². The zero-order chi connectivity index (χ0) is 33.2. The molecule has 0 amide bonds. The van der Waals surface area contributed by atoms with Crippen LogP contribution in [-0.2, 0) is 9.13 Å². The quantitative estimate of drug-likeness (QED) is 0.117. The SMILES string of the molecule is CN1[C@H](c2ccccc2)[C@@H](c2ccccc2)N(C)P1(=O)CCCCCN(C)P1(=O)N(C)[C@H](c2ccccc2)[C@@H](c2ccccc2)N1C. The molecule has 0 bridgehead atoms. The summed E-state index contributed by atoms with van der Waals surface area (Å²) in [6.45, 7) is 0.699. The third kappa shape index (κ3) is 6.24. The van der Waals surface area contributed by atoms with Crippen molar-refractivity contribution in [3.63, 3.8) is 0 Å². The van der Waals surface area contributed by atoms with Crippen LogP contribution in [0.4, 0.5) is 0 Å². The maximum atomic E-state index is 15.0. The van der Waals surface area contributed by atoms with Crippen molar-refractivity contribution >= 4 is 15.0 Å². The van der Waals surface area contributed by atoms with Gasteiger partial charge in [0.15, 0.2) is 0 Å².